The Kier molecular flexibility index (Phi) is 9.48. The molecule has 1 aromatic carbocycles. The summed E-state index contributed by atoms with van der Waals surface area (Å²) in [5.74, 6) is -3.18. The second-order valence-electron chi connectivity index (χ2n) is 9.61. The van der Waals surface area contributed by atoms with E-state index in [1.54, 1.807) is 6.20 Å². The molecule has 1 aromatic heterocycles. The number of rotatable bonds is 11. The minimum atomic E-state index is -1.51. The molecule has 0 bridgehead atoms. The molecule has 2 heterocycles. The first-order valence-electron chi connectivity index (χ1n) is 12.5. The second kappa shape index (κ2) is 12.6. The Labute approximate surface area is 223 Å². The van der Waals surface area contributed by atoms with E-state index >= 15 is 0 Å². The number of aromatic amines is 1. The number of primary amides is 1. The highest BCUT2D eigenvalue weighted by atomic mass is 16.4. The molecule has 1 saturated heterocycles. The van der Waals surface area contributed by atoms with Crippen LogP contribution in [-0.4, -0.2) is 97.8 Å². The highest BCUT2D eigenvalue weighted by Gasteiger charge is 2.40. The molecule has 3 rings (SSSR count). The predicted octanol–water partition coefficient (Wildman–Crippen LogP) is -1.45. The average molecular weight is 547 g/mol. The third kappa shape index (κ3) is 7.03. The summed E-state index contributed by atoms with van der Waals surface area (Å²) in [6.07, 6.45) is -1.78. The number of amides is 5. The van der Waals surface area contributed by atoms with Crippen LogP contribution in [0, 0.1) is 0 Å². The van der Waals surface area contributed by atoms with E-state index in [9.17, 15) is 34.2 Å². The van der Waals surface area contributed by atoms with Gasteiger partial charge in [0.15, 0.2) is 0 Å². The van der Waals surface area contributed by atoms with Crippen molar-refractivity contribution in [2.45, 2.75) is 69.5 Å². The van der Waals surface area contributed by atoms with Crippen LogP contribution in [-0.2, 0) is 25.6 Å². The molecule has 6 atom stereocenters. The molecule has 5 amide bonds. The number of nitrogens with one attached hydrogen (secondary N) is 4. The summed E-state index contributed by atoms with van der Waals surface area (Å²) in [6, 6.07) is 2.19. The number of likely N-dealkylation sites (tertiary alicyclic amines) is 1. The van der Waals surface area contributed by atoms with Gasteiger partial charge in [-0.05, 0) is 38.3 Å². The normalized spacial score (nSPS) is 19.0. The molecule has 2 aromatic rings. The van der Waals surface area contributed by atoms with Gasteiger partial charge in [-0.2, -0.15) is 0 Å². The molecule has 14 heteroatoms. The maximum Gasteiger partial charge on any atom is 0.405 e. The average Bonchev–Trinajstić information content (AvgIpc) is 3.52. The van der Waals surface area contributed by atoms with Gasteiger partial charge in [-0.1, -0.05) is 18.2 Å². The second-order valence-corrected chi connectivity index (χ2v) is 9.61. The van der Waals surface area contributed by atoms with Crippen LogP contribution in [0.25, 0.3) is 10.9 Å². The number of aromatic nitrogens is 1. The van der Waals surface area contributed by atoms with Crippen molar-refractivity contribution in [1.29, 1.82) is 0 Å². The van der Waals surface area contributed by atoms with Crippen molar-refractivity contribution >= 4 is 40.6 Å². The third-order valence-electron chi connectivity index (χ3n) is 6.68. The van der Waals surface area contributed by atoms with Crippen LogP contribution in [0.3, 0.4) is 0 Å². The van der Waals surface area contributed by atoms with Crippen molar-refractivity contribution in [3.05, 3.63) is 36.0 Å². The number of para-hydroxylation sites is 1. The van der Waals surface area contributed by atoms with Crippen molar-refractivity contribution < 1.29 is 39.3 Å². The molecule has 14 nitrogen and oxygen atoms in total. The van der Waals surface area contributed by atoms with Crippen molar-refractivity contribution in [2.75, 3.05) is 6.54 Å². The number of aliphatic hydroxyl groups excluding tert-OH is 2. The van der Waals surface area contributed by atoms with Crippen LogP contribution in [0.2, 0.25) is 0 Å². The van der Waals surface area contributed by atoms with E-state index < -0.39 is 66.1 Å². The highest BCUT2D eigenvalue weighted by Crippen LogP contribution is 2.22. The summed E-state index contributed by atoms with van der Waals surface area (Å²) in [7, 11) is 0. The lowest BCUT2D eigenvalue weighted by molar-refractivity contribution is -0.142. The molecular formula is C25H34N6O8. The number of H-pyrrole nitrogens is 1. The number of carboxylic acid groups (broad SMARTS) is 1. The lowest BCUT2D eigenvalue weighted by Gasteiger charge is -2.30. The number of hydrogen-bond donors (Lipinski definition) is 8. The Balaban J connectivity index is 1.85. The molecule has 1 aliphatic rings. The van der Waals surface area contributed by atoms with E-state index in [1.807, 2.05) is 29.6 Å². The minimum absolute atomic E-state index is 0.00438. The molecule has 0 saturated carbocycles. The van der Waals surface area contributed by atoms with Crippen molar-refractivity contribution in [3.63, 3.8) is 0 Å². The number of carbonyl (C=O) groups excluding carboxylic acids is 4. The quantitative estimate of drug-likeness (QED) is 0.166. The van der Waals surface area contributed by atoms with Crippen LogP contribution >= 0.6 is 0 Å². The molecular weight excluding hydrogens is 512 g/mol. The van der Waals surface area contributed by atoms with Gasteiger partial charge in [0, 0.05) is 30.1 Å². The summed E-state index contributed by atoms with van der Waals surface area (Å²) in [5, 5.41) is 36.7. The van der Waals surface area contributed by atoms with Crippen molar-refractivity contribution in [1.82, 2.24) is 25.8 Å². The minimum Gasteiger partial charge on any atom is -0.465 e. The fraction of sp³-hybridized carbons (Fsp3) is 0.480. The fourth-order valence-electron chi connectivity index (χ4n) is 4.68. The molecule has 2 unspecified atom stereocenters. The molecule has 212 valence electrons. The molecule has 0 radical (unpaired) electrons. The van der Waals surface area contributed by atoms with Crippen molar-refractivity contribution in [3.8, 4) is 0 Å². The number of carbonyl (C=O) groups is 5. The topological polar surface area (TPSA) is 227 Å². The monoisotopic (exact) mass is 546 g/mol. The summed E-state index contributed by atoms with van der Waals surface area (Å²) >= 11 is 0. The summed E-state index contributed by atoms with van der Waals surface area (Å²) in [6.45, 7) is 2.68. The molecule has 1 aliphatic heterocycles. The lowest BCUT2D eigenvalue weighted by atomic mass is 10.0. The van der Waals surface area contributed by atoms with Crippen molar-refractivity contribution in [2.24, 2.45) is 5.73 Å². The predicted molar refractivity (Wildman–Crippen MR) is 138 cm³/mol. The largest absolute Gasteiger partial charge is 0.465 e. The number of nitrogens with zero attached hydrogens (tertiary/aromatic N) is 1. The van der Waals surface area contributed by atoms with E-state index in [2.05, 4.69) is 15.6 Å². The van der Waals surface area contributed by atoms with E-state index in [-0.39, 0.29) is 19.4 Å². The summed E-state index contributed by atoms with van der Waals surface area (Å²) in [4.78, 5) is 66.9. The van der Waals surface area contributed by atoms with Crippen LogP contribution in [0.1, 0.15) is 32.3 Å². The number of benzene rings is 1. The Hall–Kier alpha value is -4.17. The highest BCUT2D eigenvalue weighted by molar-refractivity contribution is 5.96. The number of nitrogens with two attached hydrogens (primary N) is 1. The Morgan fingerprint density at radius 1 is 1.05 bits per heavy atom. The maximum atomic E-state index is 13.4. The molecule has 1 fully saturated rings. The maximum absolute atomic E-state index is 13.4. The van der Waals surface area contributed by atoms with E-state index in [0.29, 0.717) is 12.0 Å². The molecule has 39 heavy (non-hydrogen) atoms. The summed E-state index contributed by atoms with van der Waals surface area (Å²) in [5.41, 5.74) is 6.82. The van der Waals surface area contributed by atoms with Crippen LogP contribution in [0.5, 0.6) is 0 Å². The molecule has 9 N–H and O–H groups in total. The SMILES string of the molecule is C[C@@H](O)[C@H](NC(=O)C(Cc1c[nH]c2ccccc12)NC(=O)C1CCCN1C(=O)[C@@H](NC(=O)O)[C@@H](C)O)C(N)=O. The van der Waals surface area contributed by atoms with Gasteiger partial charge in [0.2, 0.25) is 23.6 Å². The van der Waals surface area contributed by atoms with Gasteiger partial charge in [-0.25, -0.2) is 4.79 Å². The lowest BCUT2D eigenvalue weighted by Crippen LogP contribution is -2.60. The van der Waals surface area contributed by atoms with E-state index in [1.165, 1.54) is 18.7 Å². The number of aliphatic hydroxyl groups is 2. The molecule has 0 spiro atoms. The first kappa shape index (κ1) is 29.4. The summed E-state index contributed by atoms with van der Waals surface area (Å²) < 4.78 is 0. The van der Waals surface area contributed by atoms with Gasteiger partial charge < -0.3 is 46.9 Å². The van der Waals surface area contributed by atoms with Crippen LogP contribution < -0.4 is 21.7 Å². The fourth-order valence-corrected chi connectivity index (χ4v) is 4.68. The standard InChI is InChI=1S/C25H34N6O8/c1-12(32)19(21(26)34)29-22(35)17(10-14-11-27-16-7-4-3-6-15(14)16)28-23(36)18-8-5-9-31(18)24(37)20(13(2)33)30-25(38)39/h3-4,6-7,11-13,17-20,27,30,32-33H,5,8-10H2,1-2H3,(H2,26,34)(H,28,36)(H,29,35)(H,38,39)/t12-,13-,17?,18?,19+,20+/m1/s1. The van der Waals surface area contributed by atoms with Gasteiger partial charge in [-0.15, -0.1) is 0 Å². The Morgan fingerprint density at radius 3 is 2.33 bits per heavy atom. The van der Waals surface area contributed by atoms with Crippen LogP contribution in [0.4, 0.5) is 4.79 Å². The smallest absolute Gasteiger partial charge is 0.405 e. The van der Waals surface area contributed by atoms with E-state index in [0.717, 1.165) is 10.9 Å². The zero-order valence-electron chi connectivity index (χ0n) is 21.6. The third-order valence-corrected chi connectivity index (χ3v) is 6.68. The zero-order valence-corrected chi connectivity index (χ0v) is 21.6. The van der Waals surface area contributed by atoms with Gasteiger partial charge in [-0.3, -0.25) is 19.2 Å². The number of fused-ring (bicyclic) bond motifs is 1. The Bertz CT molecular complexity index is 1230. The van der Waals surface area contributed by atoms with Gasteiger partial charge in [0.1, 0.15) is 24.2 Å². The van der Waals surface area contributed by atoms with Gasteiger partial charge in [0.05, 0.1) is 12.2 Å². The van der Waals surface area contributed by atoms with Gasteiger partial charge in [0.25, 0.3) is 0 Å². The first-order valence-corrected chi connectivity index (χ1v) is 12.5. The van der Waals surface area contributed by atoms with Crippen LogP contribution in [0.15, 0.2) is 30.5 Å². The zero-order chi connectivity index (χ0) is 28.9. The molecule has 0 aliphatic carbocycles. The van der Waals surface area contributed by atoms with Gasteiger partial charge >= 0.3 is 6.09 Å². The first-order chi connectivity index (χ1) is 18.4. The Morgan fingerprint density at radius 2 is 1.72 bits per heavy atom. The number of hydrogen-bond acceptors (Lipinski definition) is 7. The van der Waals surface area contributed by atoms with E-state index in [4.69, 9.17) is 10.8 Å².